The molecule has 1 fully saturated rings. The van der Waals surface area contributed by atoms with Crippen molar-refractivity contribution in [2.75, 3.05) is 25.0 Å². The van der Waals surface area contributed by atoms with Crippen LogP contribution in [0, 0.1) is 10.1 Å². The van der Waals surface area contributed by atoms with E-state index in [2.05, 4.69) is 5.32 Å². The molecule has 0 unspecified atom stereocenters. The molecule has 0 radical (unpaired) electrons. The first-order chi connectivity index (χ1) is 9.99. The van der Waals surface area contributed by atoms with Crippen molar-refractivity contribution in [3.05, 3.63) is 33.9 Å². The topological polar surface area (TPSA) is 113 Å². The minimum atomic E-state index is -1.36. The van der Waals surface area contributed by atoms with Crippen molar-refractivity contribution in [2.24, 2.45) is 0 Å². The maximum Gasteiger partial charge on any atom is 0.342 e. The number of benzene rings is 1. The number of carbonyl (C=O) groups is 2. The average molecular weight is 293 g/mol. The predicted molar refractivity (Wildman–Crippen MR) is 74.4 cm³/mol. The average Bonchev–Trinajstić information content (AvgIpc) is 2.98. The van der Waals surface area contributed by atoms with E-state index in [0.717, 1.165) is 38.1 Å². The Labute approximate surface area is 120 Å². The Kier molecular flexibility index (Phi) is 4.36. The predicted octanol–water partition coefficient (Wildman–Crippen LogP) is 1.33. The second-order valence-electron chi connectivity index (χ2n) is 4.74. The summed E-state index contributed by atoms with van der Waals surface area (Å²) in [6.45, 7) is 1.50. The summed E-state index contributed by atoms with van der Waals surface area (Å²) >= 11 is 0. The van der Waals surface area contributed by atoms with Gasteiger partial charge in [0.2, 0.25) is 5.91 Å². The molecule has 2 N–H and O–H groups in total. The molecule has 1 amide bonds. The normalized spacial score (nSPS) is 14.0. The molecule has 1 aliphatic rings. The zero-order chi connectivity index (χ0) is 15.4. The maximum atomic E-state index is 11.8. The number of nitro groups is 1. The lowest BCUT2D eigenvalue weighted by atomic mass is 10.1. The Morgan fingerprint density at radius 2 is 2.00 bits per heavy atom. The first-order valence-corrected chi connectivity index (χ1v) is 6.52. The summed E-state index contributed by atoms with van der Waals surface area (Å²) in [5.74, 6) is -1.43. The van der Waals surface area contributed by atoms with Crippen molar-refractivity contribution in [2.45, 2.75) is 12.8 Å². The van der Waals surface area contributed by atoms with Gasteiger partial charge >= 0.3 is 5.97 Å². The highest BCUT2D eigenvalue weighted by Crippen LogP contribution is 2.23. The summed E-state index contributed by atoms with van der Waals surface area (Å²) in [5.41, 5.74) is -0.531. The summed E-state index contributed by atoms with van der Waals surface area (Å²) in [4.78, 5) is 34.6. The number of nitrogens with one attached hydrogen (secondary N) is 1. The van der Waals surface area contributed by atoms with Gasteiger partial charge < -0.3 is 15.3 Å². The second-order valence-corrected chi connectivity index (χ2v) is 4.74. The number of carboxylic acid groups (broad SMARTS) is 1. The van der Waals surface area contributed by atoms with Gasteiger partial charge in [-0.25, -0.2) is 4.79 Å². The lowest BCUT2D eigenvalue weighted by molar-refractivity contribution is -0.385. The zero-order valence-corrected chi connectivity index (χ0v) is 11.2. The summed E-state index contributed by atoms with van der Waals surface area (Å²) < 4.78 is 0. The van der Waals surface area contributed by atoms with Gasteiger partial charge in [0.15, 0.2) is 0 Å². The molecule has 21 heavy (non-hydrogen) atoms. The number of rotatable bonds is 5. The Morgan fingerprint density at radius 3 is 2.57 bits per heavy atom. The van der Waals surface area contributed by atoms with E-state index < -0.39 is 16.6 Å². The fourth-order valence-electron chi connectivity index (χ4n) is 2.23. The van der Waals surface area contributed by atoms with E-state index in [1.54, 1.807) is 4.90 Å². The van der Waals surface area contributed by atoms with Gasteiger partial charge in [-0.2, -0.15) is 0 Å². The van der Waals surface area contributed by atoms with Crippen molar-refractivity contribution in [1.82, 2.24) is 4.90 Å². The Hall–Kier alpha value is -2.64. The third kappa shape index (κ3) is 3.47. The van der Waals surface area contributed by atoms with Crippen LogP contribution in [0.4, 0.5) is 11.4 Å². The van der Waals surface area contributed by atoms with Crippen LogP contribution in [-0.4, -0.2) is 46.4 Å². The van der Waals surface area contributed by atoms with E-state index in [1.807, 2.05) is 0 Å². The van der Waals surface area contributed by atoms with Crippen LogP contribution in [-0.2, 0) is 4.79 Å². The number of hydrogen-bond donors (Lipinski definition) is 2. The number of carboxylic acids is 1. The van der Waals surface area contributed by atoms with Crippen LogP contribution in [0.2, 0.25) is 0 Å². The minimum absolute atomic E-state index is 0.0313. The van der Waals surface area contributed by atoms with Crippen LogP contribution in [0.25, 0.3) is 0 Å². The van der Waals surface area contributed by atoms with E-state index >= 15 is 0 Å². The largest absolute Gasteiger partial charge is 0.477 e. The molecule has 8 heteroatoms. The van der Waals surface area contributed by atoms with Crippen LogP contribution in [0.1, 0.15) is 23.2 Å². The van der Waals surface area contributed by atoms with Gasteiger partial charge in [-0.05, 0) is 25.0 Å². The lowest BCUT2D eigenvalue weighted by Crippen LogP contribution is -2.32. The smallest absolute Gasteiger partial charge is 0.342 e. The molecule has 1 heterocycles. The SMILES string of the molecule is O=C(O)c1ccc(NCC(=O)N2CCCC2)cc1[N+](=O)[O-]. The first kappa shape index (κ1) is 14.8. The minimum Gasteiger partial charge on any atom is -0.477 e. The maximum absolute atomic E-state index is 11.8. The van der Waals surface area contributed by atoms with Gasteiger partial charge in [0.25, 0.3) is 5.69 Å². The van der Waals surface area contributed by atoms with Crippen molar-refractivity contribution < 1.29 is 19.6 Å². The van der Waals surface area contributed by atoms with E-state index in [-0.39, 0.29) is 18.0 Å². The molecule has 0 aromatic heterocycles. The zero-order valence-electron chi connectivity index (χ0n) is 11.2. The third-order valence-corrected chi connectivity index (χ3v) is 3.33. The number of likely N-dealkylation sites (tertiary alicyclic amines) is 1. The highest BCUT2D eigenvalue weighted by molar-refractivity contribution is 5.93. The number of amides is 1. The molecule has 1 aliphatic heterocycles. The molecular weight excluding hydrogens is 278 g/mol. The molecule has 1 saturated heterocycles. The van der Waals surface area contributed by atoms with Crippen molar-refractivity contribution in [1.29, 1.82) is 0 Å². The van der Waals surface area contributed by atoms with E-state index in [0.29, 0.717) is 5.69 Å². The molecule has 8 nitrogen and oxygen atoms in total. The number of carbonyl (C=O) groups excluding carboxylic acids is 1. The Morgan fingerprint density at radius 1 is 1.33 bits per heavy atom. The monoisotopic (exact) mass is 293 g/mol. The van der Waals surface area contributed by atoms with E-state index in [1.165, 1.54) is 6.07 Å². The number of aromatic carboxylic acids is 1. The van der Waals surface area contributed by atoms with Gasteiger partial charge in [0, 0.05) is 24.8 Å². The van der Waals surface area contributed by atoms with Crippen molar-refractivity contribution in [3.8, 4) is 0 Å². The summed E-state index contributed by atoms with van der Waals surface area (Å²) in [7, 11) is 0. The van der Waals surface area contributed by atoms with Gasteiger partial charge in [0.05, 0.1) is 11.5 Å². The molecule has 0 spiro atoms. The van der Waals surface area contributed by atoms with E-state index in [9.17, 15) is 19.7 Å². The van der Waals surface area contributed by atoms with Gasteiger partial charge in [-0.15, -0.1) is 0 Å². The summed E-state index contributed by atoms with van der Waals surface area (Å²) in [6.07, 6.45) is 1.98. The van der Waals surface area contributed by atoms with Crippen LogP contribution in [0.15, 0.2) is 18.2 Å². The second kappa shape index (κ2) is 6.21. The highest BCUT2D eigenvalue weighted by atomic mass is 16.6. The number of anilines is 1. The van der Waals surface area contributed by atoms with Crippen LogP contribution >= 0.6 is 0 Å². The quantitative estimate of drug-likeness (QED) is 0.625. The third-order valence-electron chi connectivity index (χ3n) is 3.33. The van der Waals surface area contributed by atoms with Crippen molar-refractivity contribution >= 4 is 23.3 Å². The molecule has 112 valence electrons. The fourth-order valence-corrected chi connectivity index (χ4v) is 2.23. The fraction of sp³-hybridized carbons (Fsp3) is 0.385. The number of nitro benzene ring substituents is 1. The standard InChI is InChI=1S/C13H15N3O5/c17-12(15-5-1-2-6-15)8-14-9-3-4-10(13(18)19)11(7-9)16(20)21/h3-4,7,14H,1-2,5-6,8H2,(H,18,19). The molecule has 0 atom stereocenters. The van der Waals surface area contributed by atoms with Gasteiger partial charge in [0.1, 0.15) is 5.56 Å². The van der Waals surface area contributed by atoms with Crippen LogP contribution in [0.5, 0.6) is 0 Å². The molecule has 0 saturated carbocycles. The first-order valence-electron chi connectivity index (χ1n) is 6.52. The summed E-state index contributed by atoms with van der Waals surface area (Å²) in [5, 5.41) is 22.5. The molecule has 0 bridgehead atoms. The number of nitrogens with zero attached hydrogens (tertiary/aromatic N) is 2. The van der Waals surface area contributed by atoms with E-state index in [4.69, 9.17) is 5.11 Å². The molecule has 1 aromatic carbocycles. The molecule has 1 aromatic rings. The lowest BCUT2D eigenvalue weighted by Gasteiger charge is -2.16. The molecule has 2 rings (SSSR count). The van der Waals surface area contributed by atoms with Crippen LogP contribution in [0.3, 0.4) is 0 Å². The molecule has 0 aliphatic carbocycles. The van der Waals surface area contributed by atoms with Gasteiger partial charge in [-0.1, -0.05) is 0 Å². The Balaban J connectivity index is 2.06. The van der Waals surface area contributed by atoms with Crippen molar-refractivity contribution in [3.63, 3.8) is 0 Å². The summed E-state index contributed by atoms with van der Waals surface area (Å²) in [6, 6.07) is 3.69. The highest BCUT2D eigenvalue weighted by Gasteiger charge is 2.21. The van der Waals surface area contributed by atoms with Gasteiger partial charge in [-0.3, -0.25) is 14.9 Å². The Bertz CT molecular complexity index is 581. The number of hydrogen-bond acceptors (Lipinski definition) is 5. The van der Waals surface area contributed by atoms with Crippen LogP contribution < -0.4 is 5.32 Å². The molecular formula is C13H15N3O5.